The fourth-order valence-corrected chi connectivity index (χ4v) is 0. The Labute approximate surface area is 55.9 Å². The van der Waals surface area contributed by atoms with Crippen LogP contribution in [0.3, 0.4) is 0 Å². The van der Waals surface area contributed by atoms with Gasteiger partial charge in [0.05, 0.1) is 0 Å². The Hall–Kier alpha value is 0.395. The number of rotatable bonds is 0. The van der Waals surface area contributed by atoms with Crippen LogP contribution in [-0.4, -0.2) is 15.5 Å². The topological polar surface area (TPSA) is 60.5 Å². The van der Waals surface area contributed by atoms with Crippen molar-refractivity contribution in [3.8, 4) is 0 Å². The fraction of sp³-hybridized carbons (Fsp3) is 0. The van der Waals surface area contributed by atoms with Gasteiger partial charge >= 0.3 is 5.09 Å². The number of nitrogens with zero attached hydrogens (tertiary/aromatic N) is 1. The molecule has 27 valence electrons. The van der Waals surface area contributed by atoms with Crippen LogP contribution in [0.2, 0.25) is 0 Å². The van der Waals surface area contributed by atoms with Gasteiger partial charge in [-0.3, -0.25) is 0 Å². The summed E-state index contributed by atoms with van der Waals surface area (Å²) >= 11 is 0. The molecule has 0 saturated heterocycles. The van der Waals surface area contributed by atoms with Gasteiger partial charge in [-0.2, -0.15) is 0 Å². The first-order valence-corrected chi connectivity index (χ1v) is 0.583. The van der Waals surface area contributed by atoms with Crippen molar-refractivity contribution >= 4 is 0 Å². The molecule has 5 heavy (non-hydrogen) atoms. The SMILES string of the molecule is O=[N+](O)O.[La]. The zero-order chi connectivity index (χ0) is 3.58. The van der Waals surface area contributed by atoms with Crippen LogP contribution in [0.5, 0.6) is 0 Å². The molecule has 0 saturated carbocycles. The van der Waals surface area contributed by atoms with Crippen molar-refractivity contribution < 1.29 is 51.1 Å². The quantitative estimate of drug-likeness (QED) is 0.523. The Kier molecular flexibility index (Phi) is 7.95. The number of hydrogen-bond acceptors (Lipinski definition) is 1. The van der Waals surface area contributed by atoms with Crippen LogP contribution in [-0.2, 0) is 0 Å². The van der Waals surface area contributed by atoms with Gasteiger partial charge in [0.2, 0.25) is 0 Å². The summed E-state index contributed by atoms with van der Waals surface area (Å²) in [5, 5.41) is 12.5. The van der Waals surface area contributed by atoms with E-state index >= 15 is 0 Å². The maximum absolute atomic E-state index is 8.47. The second kappa shape index (κ2) is 4.39. The van der Waals surface area contributed by atoms with Crippen LogP contribution in [0.25, 0.3) is 0 Å². The van der Waals surface area contributed by atoms with Crippen molar-refractivity contribution in [1.29, 1.82) is 0 Å². The van der Waals surface area contributed by atoms with Crippen LogP contribution < -0.4 is 0 Å². The van der Waals surface area contributed by atoms with E-state index in [9.17, 15) is 0 Å². The molecule has 1 radical (unpaired) electrons. The first-order valence-electron chi connectivity index (χ1n) is 0.583. The Morgan fingerprint density at radius 3 is 1.40 bits per heavy atom. The standard InChI is InChI=1S/La.H2NO3/c;2-1(3)4/h;(H2,2,3,4)/q;+1. The molecule has 0 aromatic carbocycles. The van der Waals surface area contributed by atoms with Crippen LogP contribution in [0.1, 0.15) is 0 Å². The van der Waals surface area contributed by atoms with Gasteiger partial charge in [0, 0.05) is 35.6 Å². The Bertz CT molecular complexity index is 29.9. The van der Waals surface area contributed by atoms with Crippen LogP contribution in [0.15, 0.2) is 0 Å². The van der Waals surface area contributed by atoms with Gasteiger partial charge in [-0.15, -0.1) is 0 Å². The van der Waals surface area contributed by atoms with E-state index < -0.39 is 5.09 Å². The van der Waals surface area contributed by atoms with Gasteiger partial charge < -0.3 is 0 Å². The molecule has 0 unspecified atom stereocenters. The summed E-state index contributed by atoms with van der Waals surface area (Å²) in [5.74, 6) is 0. The first kappa shape index (κ1) is 9.04. The van der Waals surface area contributed by atoms with E-state index in [0.717, 1.165) is 0 Å². The predicted octanol–water partition coefficient (Wildman–Crippen LogP) is -0.456. The van der Waals surface area contributed by atoms with Gasteiger partial charge in [-0.1, -0.05) is 0 Å². The molecule has 0 aromatic rings. The third-order valence-electron chi connectivity index (χ3n) is 0. The van der Waals surface area contributed by atoms with E-state index in [4.69, 9.17) is 15.3 Å². The van der Waals surface area contributed by atoms with E-state index in [1.807, 2.05) is 0 Å². The third kappa shape index (κ3) is 162. The van der Waals surface area contributed by atoms with Crippen LogP contribution in [0, 0.1) is 40.5 Å². The summed E-state index contributed by atoms with van der Waals surface area (Å²) in [6, 6.07) is 0. The van der Waals surface area contributed by atoms with E-state index in [1.54, 1.807) is 0 Å². The minimum atomic E-state index is -1.25. The average Bonchev–Trinajstić information content (AvgIpc) is 0.811. The van der Waals surface area contributed by atoms with E-state index in [-0.39, 0.29) is 35.6 Å². The first-order chi connectivity index (χ1) is 1.73. The minimum Gasteiger partial charge on any atom is -0.201 e. The second-order valence-corrected chi connectivity index (χ2v) is 0.253. The maximum Gasteiger partial charge on any atom is 0.472 e. The molecule has 0 aliphatic heterocycles. The summed E-state index contributed by atoms with van der Waals surface area (Å²) < 4.78 is 0. The molecule has 0 amide bonds. The zero-order valence-corrected chi connectivity index (χ0v) is 5.95. The van der Waals surface area contributed by atoms with Crippen molar-refractivity contribution in [2.24, 2.45) is 0 Å². The smallest absolute Gasteiger partial charge is 0.201 e. The second-order valence-electron chi connectivity index (χ2n) is 0.253. The molecule has 0 fully saturated rings. The third-order valence-corrected chi connectivity index (χ3v) is 0. The molecule has 0 aromatic heterocycles. The molecule has 5 heteroatoms. The van der Waals surface area contributed by atoms with Crippen molar-refractivity contribution in [1.82, 2.24) is 0 Å². The summed E-state index contributed by atoms with van der Waals surface area (Å²) in [6.45, 7) is 0. The average molecular weight is 203 g/mol. The molecule has 0 aliphatic carbocycles. The summed E-state index contributed by atoms with van der Waals surface area (Å²) in [4.78, 5) is 8.47. The van der Waals surface area contributed by atoms with Gasteiger partial charge in [-0.05, 0) is 0 Å². The molecule has 2 N–H and O–H groups in total. The monoisotopic (exact) mass is 203 g/mol. The Morgan fingerprint density at radius 1 is 1.40 bits per heavy atom. The molecule has 0 rings (SSSR count). The molecule has 0 heterocycles. The summed E-state index contributed by atoms with van der Waals surface area (Å²) in [6.07, 6.45) is 0. The molecular formula is H2LaNO3+. The fourth-order valence-electron chi connectivity index (χ4n) is 0. The molecule has 4 nitrogen and oxygen atoms in total. The van der Waals surface area contributed by atoms with Crippen molar-refractivity contribution in [3.05, 3.63) is 4.91 Å². The van der Waals surface area contributed by atoms with E-state index in [0.29, 0.717) is 0 Å². The molecule has 0 aliphatic rings. The molecule has 0 atom stereocenters. The van der Waals surface area contributed by atoms with Gasteiger partial charge in [-0.25, -0.2) is 10.4 Å². The van der Waals surface area contributed by atoms with Crippen LogP contribution in [0.4, 0.5) is 0 Å². The number of hydrogen-bond donors (Lipinski definition) is 2. The molecule has 0 bridgehead atoms. The van der Waals surface area contributed by atoms with Crippen molar-refractivity contribution in [3.63, 3.8) is 0 Å². The van der Waals surface area contributed by atoms with Gasteiger partial charge in [0.15, 0.2) is 0 Å². The van der Waals surface area contributed by atoms with Crippen LogP contribution >= 0.6 is 0 Å². The van der Waals surface area contributed by atoms with Gasteiger partial charge in [0.1, 0.15) is 4.91 Å². The normalized spacial score (nSPS) is 4.80. The summed E-state index contributed by atoms with van der Waals surface area (Å²) in [7, 11) is 0. The minimum absolute atomic E-state index is 0. The van der Waals surface area contributed by atoms with Gasteiger partial charge in [0.25, 0.3) is 0 Å². The van der Waals surface area contributed by atoms with Crippen molar-refractivity contribution in [2.45, 2.75) is 0 Å². The largest absolute Gasteiger partial charge is 0.472 e. The Morgan fingerprint density at radius 2 is 1.40 bits per heavy atom. The van der Waals surface area contributed by atoms with E-state index in [1.165, 1.54) is 0 Å². The zero-order valence-electron chi connectivity index (χ0n) is 2.33. The Balaban J connectivity index is 0. The van der Waals surface area contributed by atoms with E-state index in [2.05, 4.69) is 0 Å². The van der Waals surface area contributed by atoms with Crippen molar-refractivity contribution in [2.75, 3.05) is 0 Å². The predicted molar refractivity (Wildman–Crippen MR) is 7.20 cm³/mol. The summed E-state index contributed by atoms with van der Waals surface area (Å²) in [5.41, 5.74) is 0. The molecule has 0 spiro atoms. The maximum atomic E-state index is 8.47. The molecular weight excluding hydrogens is 201 g/mol.